The molecule has 0 fully saturated rings. The van der Waals surface area contributed by atoms with Gasteiger partial charge in [0.05, 0.1) is 0 Å². The van der Waals surface area contributed by atoms with Gasteiger partial charge in [0, 0.05) is 16.6 Å². The summed E-state index contributed by atoms with van der Waals surface area (Å²) in [5.74, 6) is 0.437. The standard InChI is InChI=1S/C12H17BrN2O/c1-9(8-14)5-6-12(16)15-11-4-2-3-10(13)7-11/h2-4,7,9H,5-6,8,14H2,1H3,(H,15,16). The highest BCUT2D eigenvalue weighted by Gasteiger charge is 2.05. The third-order valence-electron chi connectivity index (χ3n) is 2.37. The molecule has 0 aliphatic rings. The Morgan fingerprint density at radius 2 is 2.31 bits per heavy atom. The predicted octanol–water partition coefficient (Wildman–Crippen LogP) is 2.76. The highest BCUT2D eigenvalue weighted by molar-refractivity contribution is 9.10. The zero-order chi connectivity index (χ0) is 12.0. The fourth-order valence-electron chi connectivity index (χ4n) is 1.29. The normalized spacial score (nSPS) is 12.2. The number of rotatable bonds is 5. The van der Waals surface area contributed by atoms with Gasteiger partial charge >= 0.3 is 0 Å². The van der Waals surface area contributed by atoms with Crippen LogP contribution in [0.3, 0.4) is 0 Å². The monoisotopic (exact) mass is 284 g/mol. The van der Waals surface area contributed by atoms with Crippen LogP contribution in [0, 0.1) is 5.92 Å². The van der Waals surface area contributed by atoms with Crippen LogP contribution >= 0.6 is 15.9 Å². The van der Waals surface area contributed by atoms with Crippen molar-refractivity contribution >= 4 is 27.5 Å². The Bertz CT molecular complexity index is 355. The van der Waals surface area contributed by atoms with Crippen molar-refractivity contribution < 1.29 is 4.79 Å². The van der Waals surface area contributed by atoms with E-state index in [9.17, 15) is 4.79 Å². The summed E-state index contributed by atoms with van der Waals surface area (Å²) in [6.45, 7) is 2.68. The van der Waals surface area contributed by atoms with Crippen LogP contribution in [0.25, 0.3) is 0 Å². The molecule has 1 aromatic rings. The molecule has 0 aliphatic heterocycles. The van der Waals surface area contributed by atoms with Crippen LogP contribution in [-0.4, -0.2) is 12.5 Å². The van der Waals surface area contributed by atoms with Crippen molar-refractivity contribution in [2.45, 2.75) is 19.8 Å². The van der Waals surface area contributed by atoms with Gasteiger partial charge in [0.25, 0.3) is 0 Å². The van der Waals surface area contributed by atoms with E-state index in [1.807, 2.05) is 31.2 Å². The van der Waals surface area contributed by atoms with E-state index in [1.54, 1.807) is 0 Å². The molecule has 0 spiro atoms. The second kappa shape index (κ2) is 6.66. The molecule has 1 rings (SSSR count). The molecule has 3 nitrogen and oxygen atoms in total. The summed E-state index contributed by atoms with van der Waals surface area (Å²) in [7, 11) is 0. The third kappa shape index (κ3) is 4.77. The quantitative estimate of drug-likeness (QED) is 0.874. The Hall–Kier alpha value is -0.870. The minimum absolute atomic E-state index is 0.0402. The summed E-state index contributed by atoms with van der Waals surface area (Å²) < 4.78 is 0.959. The number of hydrogen-bond donors (Lipinski definition) is 2. The van der Waals surface area contributed by atoms with Gasteiger partial charge in [0.2, 0.25) is 5.91 Å². The first-order chi connectivity index (χ1) is 7.61. The predicted molar refractivity (Wildman–Crippen MR) is 70.2 cm³/mol. The molecule has 16 heavy (non-hydrogen) atoms. The van der Waals surface area contributed by atoms with Gasteiger partial charge < -0.3 is 11.1 Å². The number of carbonyl (C=O) groups is 1. The van der Waals surface area contributed by atoms with Crippen LogP contribution in [0.1, 0.15) is 19.8 Å². The van der Waals surface area contributed by atoms with Crippen LogP contribution in [0.4, 0.5) is 5.69 Å². The molecule has 1 unspecified atom stereocenters. The fraction of sp³-hybridized carbons (Fsp3) is 0.417. The van der Waals surface area contributed by atoms with E-state index < -0.39 is 0 Å². The number of nitrogens with two attached hydrogens (primary N) is 1. The maximum atomic E-state index is 11.6. The van der Waals surface area contributed by atoms with Gasteiger partial charge in [0.15, 0.2) is 0 Å². The van der Waals surface area contributed by atoms with E-state index in [1.165, 1.54) is 0 Å². The molecule has 0 bridgehead atoms. The molecule has 1 atom stereocenters. The van der Waals surface area contributed by atoms with Crippen LogP contribution in [-0.2, 0) is 4.79 Å². The van der Waals surface area contributed by atoms with E-state index >= 15 is 0 Å². The lowest BCUT2D eigenvalue weighted by atomic mass is 10.1. The Kier molecular flexibility index (Phi) is 5.49. The highest BCUT2D eigenvalue weighted by Crippen LogP contribution is 2.16. The SMILES string of the molecule is CC(CN)CCC(=O)Nc1cccc(Br)c1. The topological polar surface area (TPSA) is 55.1 Å². The molecule has 1 amide bonds. The van der Waals surface area contributed by atoms with Crippen molar-refractivity contribution in [3.8, 4) is 0 Å². The summed E-state index contributed by atoms with van der Waals surface area (Å²) >= 11 is 3.36. The first kappa shape index (κ1) is 13.2. The third-order valence-corrected chi connectivity index (χ3v) is 2.87. The van der Waals surface area contributed by atoms with E-state index in [2.05, 4.69) is 21.2 Å². The largest absolute Gasteiger partial charge is 0.330 e. The molecule has 0 saturated heterocycles. The van der Waals surface area contributed by atoms with Crippen molar-refractivity contribution in [1.29, 1.82) is 0 Å². The molecular weight excluding hydrogens is 268 g/mol. The van der Waals surface area contributed by atoms with Gasteiger partial charge in [-0.1, -0.05) is 28.9 Å². The number of benzene rings is 1. The number of nitrogens with one attached hydrogen (secondary N) is 1. The van der Waals surface area contributed by atoms with Crippen molar-refractivity contribution in [2.75, 3.05) is 11.9 Å². The smallest absolute Gasteiger partial charge is 0.224 e. The molecule has 0 aliphatic carbocycles. The van der Waals surface area contributed by atoms with E-state index in [0.717, 1.165) is 16.6 Å². The summed E-state index contributed by atoms with van der Waals surface area (Å²) in [5.41, 5.74) is 6.31. The average Bonchev–Trinajstić information content (AvgIpc) is 2.26. The van der Waals surface area contributed by atoms with Gasteiger partial charge in [-0.15, -0.1) is 0 Å². The lowest BCUT2D eigenvalue weighted by Gasteiger charge is -2.08. The van der Waals surface area contributed by atoms with Crippen LogP contribution < -0.4 is 11.1 Å². The molecular formula is C12H17BrN2O. The molecule has 0 aromatic heterocycles. The zero-order valence-electron chi connectivity index (χ0n) is 9.37. The summed E-state index contributed by atoms with van der Waals surface area (Å²) in [5, 5.41) is 2.85. The summed E-state index contributed by atoms with van der Waals surface area (Å²) in [6, 6.07) is 7.56. The van der Waals surface area contributed by atoms with Crippen LogP contribution in [0.2, 0.25) is 0 Å². The number of halogens is 1. The van der Waals surface area contributed by atoms with Gasteiger partial charge in [-0.25, -0.2) is 0 Å². The molecule has 3 N–H and O–H groups in total. The Morgan fingerprint density at radius 3 is 2.94 bits per heavy atom. The molecule has 0 heterocycles. The molecule has 1 aromatic carbocycles. The van der Waals surface area contributed by atoms with Crippen molar-refractivity contribution in [3.63, 3.8) is 0 Å². The Balaban J connectivity index is 2.40. The van der Waals surface area contributed by atoms with Gasteiger partial charge in [0.1, 0.15) is 0 Å². The number of amides is 1. The Morgan fingerprint density at radius 1 is 1.56 bits per heavy atom. The summed E-state index contributed by atoms with van der Waals surface area (Å²) in [6.07, 6.45) is 1.35. The first-order valence-electron chi connectivity index (χ1n) is 5.37. The van der Waals surface area contributed by atoms with E-state index in [0.29, 0.717) is 18.9 Å². The average molecular weight is 285 g/mol. The maximum absolute atomic E-state index is 11.6. The van der Waals surface area contributed by atoms with Crippen molar-refractivity contribution in [1.82, 2.24) is 0 Å². The first-order valence-corrected chi connectivity index (χ1v) is 6.16. The second-order valence-electron chi connectivity index (χ2n) is 3.94. The number of hydrogen-bond acceptors (Lipinski definition) is 2. The second-order valence-corrected chi connectivity index (χ2v) is 4.85. The minimum Gasteiger partial charge on any atom is -0.330 e. The number of carbonyl (C=O) groups excluding carboxylic acids is 1. The lowest BCUT2D eigenvalue weighted by Crippen LogP contribution is -2.16. The molecule has 0 saturated carbocycles. The van der Waals surface area contributed by atoms with Gasteiger partial charge in [-0.3, -0.25) is 4.79 Å². The fourth-order valence-corrected chi connectivity index (χ4v) is 1.68. The van der Waals surface area contributed by atoms with E-state index in [-0.39, 0.29) is 5.91 Å². The van der Waals surface area contributed by atoms with Gasteiger partial charge in [-0.05, 0) is 37.1 Å². The Labute approximate surface area is 105 Å². The minimum atomic E-state index is 0.0402. The summed E-state index contributed by atoms with van der Waals surface area (Å²) in [4.78, 5) is 11.6. The van der Waals surface area contributed by atoms with Crippen molar-refractivity contribution in [3.05, 3.63) is 28.7 Å². The zero-order valence-corrected chi connectivity index (χ0v) is 11.0. The number of anilines is 1. The van der Waals surface area contributed by atoms with Crippen LogP contribution in [0.5, 0.6) is 0 Å². The van der Waals surface area contributed by atoms with E-state index in [4.69, 9.17) is 5.73 Å². The van der Waals surface area contributed by atoms with Gasteiger partial charge in [-0.2, -0.15) is 0 Å². The molecule has 88 valence electrons. The highest BCUT2D eigenvalue weighted by atomic mass is 79.9. The lowest BCUT2D eigenvalue weighted by molar-refractivity contribution is -0.116. The molecule has 4 heteroatoms. The molecule has 0 radical (unpaired) electrons. The van der Waals surface area contributed by atoms with Crippen molar-refractivity contribution in [2.24, 2.45) is 11.7 Å². The van der Waals surface area contributed by atoms with Crippen LogP contribution in [0.15, 0.2) is 28.7 Å². The maximum Gasteiger partial charge on any atom is 0.224 e.